The van der Waals surface area contributed by atoms with Crippen LogP contribution in [0.1, 0.15) is 42.2 Å². The number of carbonyl (C=O) groups is 1. The van der Waals surface area contributed by atoms with Crippen LogP contribution in [-0.2, 0) is 0 Å². The first-order valence-electron chi connectivity index (χ1n) is 6.87. The van der Waals surface area contributed by atoms with Crippen LogP contribution in [-0.4, -0.2) is 12.5 Å². The van der Waals surface area contributed by atoms with E-state index in [1.54, 1.807) is 6.07 Å². The number of hydrogen-bond donors (Lipinski definition) is 2. The maximum Gasteiger partial charge on any atom is 0.258 e. The Bertz CT molecular complexity index is 532. The second-order valence-corrected chi connectivity index (χ2v) is 4.76. The molecule has 1 atom stereocenters. The molecule has 2 N–H and O–H groups in total. The molecule has 1 unspecified atom stereocenters. The van der Waals surface area contributed by atoms with Gasteiger partial charge in [0.05, 0.1) is 11.8 Å². The largest absolute Gasteiger partial charge is 0.472 e. The van der Waals surface area contributed by atoms with Crippen LogP contribution in [0.25, 0.3) is 0 Å². The van der Waals surface area contributed by atoms with E-state index in [0.717, 1.165) is 18.7 Å². The molecule has 0 aliphatic rings. The summed E-state index contributed by atoms with van der Waals surface area (Å²) in [4.78, 5) is 11.9. The highest BCUT2D eigenvalue weighted by atomic mass is 16.3. The highest BCUT2D eigenvalue weighted by Crippen LogP contribution is 2.16. The average Bonchev–Trinajstić information content (AvgIpc) is 3.00. The zero-order chi connectivity index (χ0) is 14.4. The van der Waals surface area contributed by atoms with Gasteiger partial charge in [0.15, 0.2) is 0 Å². The van der Waals surface area contributed by atoms with Crippen molar-refractivity contribution in [3.8, 4) is 0 Å². The number of anilines is 1. The topological polar surface area (TPSA) is 54.3 Å². The van der Waals surface area contributed by atoms with Gasteiger partial charge >= 0.3 is 0 Å². The highest BCUT2D eigenvalue weighted by Gasteiger charge is 2.08. The minimum atomic E-state index is -0.163. The van der Waals surface area contributed by atoms with Crippen molar-refractivity contribution in [1.29, 1.82) is 0 Å². The molecule has 0 aliphatic heterocycles. The summed E-state index contributed by atoms with van der Waals surface area (Å²) >= 11 is 0. The Morgan fingerprint density at radius 2 is 2.00 bits per heavy atom. The number of amides is 1. The monoisotopic (exact) mass is 272 g/mol. The lowest BCUT2D eigenvalue weighted by molar-refractivity contribution is 0.102. The average molecular weight is 272 g/mol. The Labute approximate surface area is 119 Å². The second kappa shape index (κ2) is 6.91. The van der Waals surface area contributed by atoms with E-state index in [2.05, 4.69) is 24.5 Å². The Morgan fingerprint density at radius 3 is 2.60 bits per heavy atom. The van der Waals surface area contributed by atoms with E-state index in [9.17, 15) is 4.79 Å². The zero-order valence-electron chi connectivity index (χ0n) is 11.8. The molecule has 4 heteroatoms. The lowest BCUT2D eigenvalue weighted by Gasteiger charge is -2.14. The maximum absolute atomic E-state index is 11.9. The van der Waals surface area contributed by atoms with Gasteiger partial charge in [-0.05, 0) is 43.7 Å². The zero-order valence-corrected chi connectivity index (χ0v) is 11.8. The van der Waals surface area contributed by atoms with E-state index in [0.29, 0.717) is 11.6 Å². The SMILES string of the molecule is CCCNC(C)c1ccc(NC(=O)c2ccoc2)cc1. The van der Waals surface area contributed by atoms with Crippen LogP contribution in [0.5, 0.6) is 0 Å². The van der Waals surface area contributed by atoms with Gasteiger partial charge in [-0.1, -0.05) is 19.1 Å². The molecule has 4 nitrogen and oxygen atoms in total. The molecule has 0 bridgehead atoms. The fourth-order valence-electron chi connectivity index (χ4n) is 1.93. The molecule has 0 saturated carbocycles. The van der Waals surface area contributed by atoms with Gasteiger partial charge < -0.3 is 15.1 Å². The van der Waals surface area contributed by atoms with Crippen LogP contribution in [0.15, 0.2) is 47.3 Å². The van der Waals surface area contributed by atoms with Crippen LogP contribution in [0, 0.1) is 0 Å². The smallest absolute Gasteiger partial charge is 0.258 e. The van der Waals surface area contributed by atoms with Crippen LogP contribution < -0.4 is 10.6 Å². The normalized spacial score (nSPS) is 12.1. The van der Waals surface area contributed by atoms with Crippen molar-refractivity contribution in [2.45, 2.75) is 26.3 Å². The summed E-state index contributed by atoms with van der Waals surface area (Å²) in [6.45, 7) is 5.28. The quantitative estimate of drug-likeness (QED) is 0.845. The van der Waals surface area contributed by atoms with Crippen molar-refractivity contribution < 1.29 is 9.21 Å². The number of carbonyl (C=O) groups excluding carboxylic acids is 1. The molecular weight excluding hydrogens is 252 g/mol. The van der Waals surface area contributed by atoms with Crippen molar-refractivity contribution in [3.05, 3.63) is 54.0 Å². The summed E-state index contributed by atoms with van der Waals surface area (Å²) in [7, 11) is 0. The molecule has 0 radical (unpaired) electrons. The van der Waals surface area contributed by atoms with E-state index in [1.807, 2.05) is 24.3 Å². The van der Waals surface area contributed by atoms with Gasteiger partial charge in [0.25, 0.3) is 5.91 Å². The number of nitrogens with one attached hydrogen (secondary N) is 2. The molecule has 106 valence electrons. The third kappa shape index (κ3) is 3.71. The summed E-state index contributed by atoms with van der Waals surface area (Å²) in [5.74, 6) is -0.163. The van der Waals surface area contributed by atoms with Crippen LogP contribution in [0.2, 0.25) is 0 Å². The standard InChI is InChI=1S/C16H20N2O2/c1-3-9-17-12(2)13-4-6-15(7-5-13)18-16(19)14-8-10-20-11-14/h4-8,10-12,17H,3,9H2,1-2H3,(H,18,19). The van der Waals surface area contributed by atoms with Gasteiger partial charge in [0.1, 0.15) is 6.26 Å². The molecule has 0 fully saturated rings. The second-order valence-electron chi connectivity index (χ2n) is 4.76. The molecular formula is C16H20N2O2. The van der Waals surface area contributed by atoms with E-state index in [-0.39, 0.29) is 5.91 Å². The number of furan rings is 1. The summed E-state index contributed by atoms with van der Waals surface area (Å²) < 4.78 is 4.89. The Morgan fingerprint density at radius 1 is 1.25 bits per heavy atom. The van der Waals surface area contributed by atoms with Crippen LogP contribution in [0.4, 0.5) is 5.69 Å². The van der Waals surface area contributed by atoms with Crippen LogP contribution in [0.3, 0.4) is 0 Å². The molecule has 1 aromatic heterocycles. The first-order valence-corrected chi connectivity index (χ1v) is 6.87. The molecule has 1 aromatic carbocycles. The van der Waals surface area contributed by atoms with Crippen molar-refractivity contribution >= 4 is 11.6 Å². The predicted molar refractivity (Wildman–Crippen MR) is 79.8 cm³/mol. The van der Waals surface area contributed by atoms with E-state index in [1.165, 1.54) is 18.1 Å². The predicted octanol–water partition coefficient (Wildman–Crippen LogP) is 3.59. The first kappa shape index (κ1) is 14.3. The van der Waals surface area contributed by atoms with Gasteiger partial charge in [0.2, 0.25) is 0 Å². The van der Waals surface area contributed by atoms with Crippen LogP contribution >= 0.6 is 0 Å². The molecule has 1 heterocycles. The number of rotatable bonds is 6. The van der Waals surface area contributed by atoms with E-state index < -0.39 is 0 Å². The van der Waals surface area contributed by atoms with Gasteiger partial charge in [-0.25, -0.2) is 0 Å². The number of hydrogen-bond acceptors (Lipinski definition) is 3. The van der Waals surface area contributed by atoms with Crippen molar-refractivity contribution in [3.63, 3.8) is 0 Å². The molecule has 0 aliphatic carbocycles. The van der Waals surface area contributed by atoms with Gasteiger partial charge in [-0.3, -0.25) is 4.79 Å². The Kier molecular flexibility index (Phi) is 4.96. The van der Waals surface area contributed by atoms with Gasteiger partial charge in [0, 0.05) is 11.7 Å². The maximum atomic E-state index is 11.9. The Hall–Kier alpha value is -2.07. The summed E-state index contributed by atoms with van der Waals surface area (Å²) in [5.41, 5.74) is 2.51. The minimum Gasteiger partial charge on any atom is -0.472 e. The molecule has 1 amide bonds. The first-order chi connectivity index (χ1) is 9.70. The van der Waals surface area contributed by atoms with Crippen molar-refractivity contribution in [2.75, 3.05) is 11.9 Å². The van der Waals surface area contributed by atoms with Gasteiger partial charge in [-0.2, -0.15) is 0 Å². The summed E-state index contributed by atoms with van der Waals surface area (Å²) in [5, 5.41) is 6.27. The van der Waals surface area contributed by atoms with Crippen molar-refractivity contribution in [2.24, 2.45) is 0 Å². The third-order valence-electron chi connectivity index (χ3n) is 3.15. The fourth-order valence-corrected chi connectivity index (χ4v) is 1.93. The highest BCUT2D eigenvalue weighted by molar-refractivity contribution is 6.03. The molecule has 2 rings (SSSR count). The van der Waals surface area contributed by atoms with Crippen molar-refractivity contribution in [1.82, 2.24) is 5.32 Å². The van der Waals surface area contributed by atoms with Gasteiger partial charge in [-0.15, -0.1) is 0 Å². The summed E-state index contributed by atoms with van der Waals surface area (Å²) in [6.07, 6.45) is 4.03. The molecule has 0 saturated heterocycles. The molecule has 0 spiro atoms. The van der Waals surface area contributed by atoms with E-state index in [4.69, 9.17) is 4.42 Å². The summed E-state index contributed by atoms with van der Waals surface area (Å²) in [6, 6.07) is 9.83. The third-order valence-corrected chi connectivity index (χ3v) is 3.15. The lowest BCUT2D eigenvalue weighted by Crippen LogP contribution is -2.19. The lowest BCUT2D eigenvalue weighted by atomic mass is 10.1. The van der Waals surface area contributed by atoms with E-state index >= 15 is 0 Å². The fraction of sp³-hybridized carbons (Fsp3) is 0.312. The molecule has 2 aromatic rings. The minimum absolute atomic E-state index is 0.163. The molecule has 20 heavy (non-hydrogen) atoms. The number of benzene rings is 1. The Balaban J connectivity index is 1.96.